The SMILES string of the molecule is O=C(N/N=C/c1ccc(Br)s1)c1ccccc1Cl. The summed E-state index contributed by atoms with van der Waals surface area (Å²) in [6.07, 6.45) is 1.59. The fourth-order valence-corrected chi connectivity index (χ4v) is 2.77. The summed E-state index contributed by atoms with van der Waals surface area (Å²) in [7, 11) is 0. The number of thiophene rings is 1. The fraction of sp³-hybridized carbons (Fsp3) is 0. The molecule has 18 heavy (non-hydrogen) atoms. The van der Waals surface area contributed by atoms with Crippen molar-refractivity contribution in [3.8, 4) is 0 Å². The van der Waals surface area contributed by atoms with Crippen molar-refractivity contribution in [3.63, 3.8) is 0 Å². The zero-order valence-electron chi connectivity index (χ0n) is 9.06. The van der Waals surface area contributed by atoms with E-state index in [1.165, 1.54) is 11.3 Å². The highest BCUT2D eigenvalue weighted by molar-refractivity contribution is 9.11. The lowest BCUT2D eigenvalue weighted by Crippen LogP contribution is -2.17. The molecule has 1 aromatic heterocycles. The van der Waals surface area contributed by atoms with Gasteiger partial charge in [0.15, 0.2) is 0 Å². The van der Waals surface area contributed by atoms with Crippen molar-refractivity contribution in [2.75, 3.05) is 0 Å². The molecule has 1 aromatic carbocycles. The first-order valence-electron chi connectivity index (χ1n) is 5.00. The number of amides is 1. The molecular weight excluding hydrogens is 336 g/mol. The summed E-state index contributed by atoms with van der Waals surface area (Å²) in [6, 6.07) is 10.7. The Morgan fingerprint density at radius 2 is 2.11 bits per heavy atom. The molecule has 3 nitrogen and oxygen atoms in total. The van der Waals surface area contributed by atoms with Gasteiger partial charge in [-0.25, -0.2) is 5.43 Å². The molecule has 0 atom stereocenters. The van der Waals surface area contributed by atoms with Crippen LogP contribution in [0.1, 0.15) is 15.2 Å². The number of hydrogen-bond acceptors (Lipinski definition) is 3. The molecule has 0 aliphatic heterocycles. The second kappa shape index (κ2) is 6.13. The molecule has 0 aliphatic rings. The first kappa shape index (κ1) is 13.3. The lowest BCUT2D eigenvalue weighted by Gasteiger charge is -2.01. The summed E-state index contributed by atoms with van der Waals surface area (Å²) in [5, 5.41) is 4.29. The van der Waals surface area contributed by atoms with Gasteiger partial charge in [0, 0.05) is 4.88 Å². The molecule has 1 amide bonds. The van der Waals surface area contributed by atoms with Crippen molar-refractivity contribution in [2.24, 2.45) is 5.10 Å². The quantitative estimate of drug-likeness (QED) is 0.666. The maximum atomic E-state index is 11.7. The monoisotopic (exact) mass is 342 g/mol. The minimum absolute atomic E-state index is 0.326. The minimum Gasteiger partial charge on any atom is -0.267 e. The predicted molar refractivity (Wildman–Crippen MR) is 78.5 cm³/mol. The Bertz CT molecular complexity index is 597. The number of hydrazone groups is 1. The number of benzene rings is 1. The van der Waals surface area contributed by atoms with Crippen LogP contribution in [0.5, 0.6) is 0 Å². The number of carbonyl (C=O) groups excluding carboxylic acids is 1. The van der Waals surface area contributed by atoms with E-state index in [2.05, 4.69) is 26.5 Å². The van der Waals surface area contributed by atoms with Crippen LogP contribution in [0.25, 0.3) is 0 Å². The van der Waals surface area contributed by atoms with Gasteiger partial charge in [0.05, 0.1) is 20.6 Å². The van der Waals surface area contributed by atoms with Crippen molar-refractivity contribution < 1.29 is 4.79 Å². The highest BCUT2D eigenvalue weighted by atomic mass is 79.9. The van der Waals surface area contributed by atoms with Gasteiger partial charge in [-0.15, -0.1) is 11.3 Å². The maximum absolute atomic E-state index is 11.7. The first-order chi connectivity index (χ1) is 8.66. The van der Waals surface area contributed by atoms with Crippen LogP contribution in [-0.2, 0) is 0 Å². The van der Waals surface area contributed by atoms with Gasteiger partial charge in [-0.3, -0.25) is 4.79 Å². The molecule has 6 heteroatoms. The van der Waals surface area contributed by atoms with Crippen LogP contribution in [0, 0.1) is 0 Å². The van der Waals surface area contributed by atoms with Gasteiger partial charge < -0.3 is 0 Å². The topological polar surface area (TPSA) is 41.5 Å². The number of rotatable bonds is 3. The molecule has 0 spiro atoms. The molecular formula is C12H8BrClN2OS. The van der Waals surface area contributed by atoms with Gasteiger partial charge in [-0.05, 0) is 40.2 Å². The molecule has 2 rings (SSSR count). The van der Waals surface area contributed by atoms with Gasteiger partial charge in [0.25, 0.3) is 5.91 Å². The molecule has 0 saturated heterocycles. The number of nitrogens with one attached hydrogen (secondary N) is 1. The number of nitrogens with zero attached hydrogens (tertiary/aromatic N) is 1. The number of carbonyl (C=O) groups is 1. The Morgan fingerprint density at radius 3 is 2.78 bits per heavy atom. The van der Waals surface area contributed by atoms with E-state index in [0.29, 0.717) is 10.6 Å². The number of halogens is 2. The van der Waals surface area contributed by atoms with Crippen molar-refractivity contribution in [1.29, 1.82) is 0 Å². The zero-order chi connectivity index (χ0) is 13.0. The van der Waals surface area contributed by atoms with Gasteiger partial charge in [0.2, 0.25) is 0 Å². The average molecular weight is 344 g/mol. The summed E-state index contributed by atoms with van der Waals surface area (Å²) < 4.78 is 1.02. The Hall–Kier alpha value is -1.17. The predicted octanol–water partition coefficient (Wildman–Crippen LogP) is 3.93. The molecule has 0 unspecified atom stereocenters. The van der Waals surface area contributed by atoms with E-state index in [1.807, 2.05) is 12.1 Å². The summed E-state index contributed by atoms with van der Waals surface area (Å²) in [5.41, 5.74) is 2.84. The first-order valence-corrected chi connectivity index (χ1v) is 6.99. The standard InChI is InChI=1S/C12H8BrClN2OS/c13-11-6-5-8(18-11)7-15-16-12(17)9-3-1-2-4-10(9)14/h1-7H,(H,16,17)/b15-7+. The third-order valence-electron chi connectivity index (χ3n) is 2.07. The Labute approximate surface area is 122 Å². The molecule has 0 saturated carbocycles. The maximum Gasteiger partial charge on any atom is 0.272 e. The minimum atomic E-state index is -0.326. The van der Waals surface area contributed by atoms with Crippen LogP contribution < -0.4 is 5.43 Å². The highest BCUT2D eigenvalue weighted by Gasteiger charge is 2.07. The van der Waals surface area contributed by atoms with Crippen LogP contribution in [-0.4, -0.2) is 12.1 Å². The molecule has 0 radical (unpaired) electrons. The van der Waals surface area contributed by atoms with Crippen molar-refractivity contribution >= 4 is 51.0 Å². The van der Waals surface area contributed by atoms with Crippen LogP contribution in [0.15, 0.2) is 45.3 Å². The van der Waals surface area contributed by atoms with Crippen LogP contribution in [0.2, 0.25) is 5.02 Å². The summed E-state index contributed by atoms with van der Waals surface area (Å²) >= 11 is 10.8. The van der Waals surface area contributed by atoms with E-state index in [0.717, 1.165) is 8.66 Å². The van der Waals surface area contributed by atoms with Crippen molar-refractivity contribution in [1.82, 2.24) is 5.43 Å². The van der Waals surface area contributed by atoms with Crippen LogP contribution in [0.3, 0.4) is 0 Å². The van der Waals surface area contributed by atoms with E-state index in [9.17, 15) is 4.79 Å². The second-order valence-corrected chi connectivity index (χ2v) is 6.22. The molecule has 0 aliphatic carbocycles. The molecule has 1 N–H and O–H groups in total. The van der Waals surface area contributed by atoms with E-state index in [-0.39, 0.29) is 5.91 Å². The Morgan fingerprint density at radius 1 is 1.33 bits per heavy atom. The van der Waals surface area contributed by atoms with E-state index in [1.54, 1.807) is 30.5 Å². The highest BCUT2D eigenvalue weighted by Crippen LogP contribution is 2.20. The molecule has 1 heterocycles. The van der Waals surface area contributed by atoms with Gasteiger partial charge in [-0.1, -0.05) is 23.7 Å². The van der Waals surface area contributed by atoms with Crippen molar-refractivity contribution in [3.05, 3.63) is 55.6 Å². The fourth-order valence-electron chi connectivity index (χ4n) is 1.26. The van der Waals surface area contributed by atoms with Crippen LogP contribution >= 0.6 is 38.9 Å². The molecule has 92 valence electrons. The lowest BCUT2D eigenvalue weighted by atomic mass is 10.2. The van der Waals surface area contributed by atoms with E-state index in [4.69, 9.17) is 11.6 Å². The average Bonchev–Trinajstić information content (AvgIpc) is 2.75. The Kier molecular flexibility index (Phi) is 4.52. The largest absolute Gasteiger partial charge is 0.272 e. The van der Waals surface area contributed by atoms with Crippen molar-refractivity contribution in [2.45, 2.75) is 0 Å². The van der Waals surface area contributed by atoms with E-state index < -0.39 is 0 Å². The number of hydrogen-bond donors (Lipinski definition) is 1. The second-order valence-electron chi connectivity index (χ2n) is 3.32. The van der Waals surface area contributed by atoms with Gasteiger partial charge >= 0.3 is 0 Å². The Balaban J connectivity index is 2.01. The summed E-state index contributed by atoms with van der Waals surface area (Å²) in [5.74, 6) is -0.326. The summed E-state index contributed by atoms with van der Waals surface area (Å²) in [6.45, 7) is 0. The molecule has 0 bridgehead atoms. The molecule has 0 fully saturated rings. The normalized spacial score (nSPS) is 10.8. The summed E-state index contributed by atoms with van der Waals surface area (Å²) in [4.78, 5) is 12.7. The van der Waals surface area contributed by atoms with Gasteiger partial charge in [0.1, 0.15) is 0 Å². The smallest absolute Gasteiger partial charge is 0.267 e. The third kappa shape index (κ3) is 3.41. The van der Waals surface area contributed by atoms with Crippen LogP contribution in [0.4, 0.5) is 0 Å². The van der Waals surface area contributed by atoms with E-state index >= 15 is 0 Å². The molecule has 2 aromatic rings. The lowest BCUT2D eigenvalue weighted by molar-refractivity contribution is 0.0955. The van der Waals surface area contributed by atoms with Gasteiger partial charge in [-0.2, -0.15) is 5.10 Å². The zero-order valence-corrected chi connectivity index (χ0v) is 12.2. The third-order valence-corrected chi connectivity index (χ3v) is 3.96.